The molecule has 1 N–H and O–H groups in total. The molecule has 6 heteroatoms. The van der Waals surface area contributed by atoms with E-state index in [2.05, 4.69) is 24.2 Å². The molecule has 0 radical (unpaired) electrons. The van der Waals surface area contributed by atoms with Crippen LogP contribution in [0.4, 0.5) is 0 Å². The van der Waals surface area contributed by atoms with Gasteiger partial charge in [0.05, 0.1) is 6.04 Å². The number of carbonyl (C=O) groups is 1. The number of nitrogens with zero attached hydrogens (tertiary/aromatic N) is 2. The van der Waals surface area contributed by atoms with E-state index in [-0.39, 0.29) is 30.9 Å². The second kappa shape index (κ2) is 9.08. The molecule has 4 nitrogen and oxygen atoms in total. The zero-order valence-corrected chi connectivity index (χ0v) is 14.4. The Morgan fingerprint density at radius 2 is 1.95 bits per heavy atom. The Balaban J connectivity index is 0.00000180. The Hall–Kier alpha value is -0.0300. The molecule has 20 heavy (non-hydrogen) atoms. The van der Waals surface area contributed by atoms with Crippen molar-refractivity contribution in [3.8, 4) is 0 Å². The van der Waals surface area contributed by atoms with Crippen molar-refractivity contribution < 1.29 is 4.79 Å². The lowest BCUT2D eigenvalue weighted by Crippen LogP contribution is -2.53. The summed E-state index contributed by atoms with van der Waals surface area (Å²) < 4.78 is 0. The fourth-order valence-corrected chi connectivity index (χ4v) is 3.10. The van der Waals surface area contributed by atoms with Crippen LogP contribution in [0.2, 0.25) is 0 Å². The number of halogens is 2. The number of piperidine rings is 2. The maximum atomic E-state index is 12.4. The van der Waals surface area contributed by atoms with Gasteiger partial charge < -0.3 is 15.1 Å². The molecule has 0 aromatic heterocycles. The first-order valence-electron chi connectivity index (χ1n) is 7.30. The molecule has 2 heterocycles. The average molecular weight is 326 g/mol. The largest absolute Gasteiger partial charge is 0.341 e. The van der Waals surface area contributed by atoms with Crippen LogP contribution in [0.1, 0.15) is 39.0 Å². The summed E-state index contributed by atoms with van der Waals surface area (Å²) in [5.74, 6) is 0.302. The molecule has 2 aliphatic heterocycles. The van der Waals surface area contributed by atoms with Crippen LogP contribution in [-0.4, -0.2) is 61.0 Å². The normalized spacial score (nSPS) is 30.9. The Bertz CT molecular complexity index is 298. The Morgan fingerprint density at radius 1 is 1.25 bits per heavy atom. The highest BCUT2D eigenvalue weighted by atomic mass is 35.5. The van der Waals surface area contributed by atoms with Crippen LogP contribution < -0.4 is 5.32 Å². The molecule has 0 bridgehead atoms. The van der Waals surface area contributed by atoms with E-state index < -0.39 is 0 Å². The number of carbonyl (C=O) groups excluding carboxylic acids is 1. The molecule has 0 spiro atoms. The van der Waals surface area contributed by atoms with Crippen LogP contribution in [0.15, 0.2) is 0 Å². The van der Waals surface area contributed by atoms with E-state index in [1.54, 1.807) is 0 Å². The molecule has 0 aromatic rings. The van der Waals surface area contributed by atoms with Crippen molar-refractivity contribution in [2.45, 2.75) is 57.2 Å². The van der Waals surface area contributed by atoms with Crippen LogP contribution in [0.3, 0.4) is 0 Å². The van der Waals surface area contributed by atoms with Gasteiger partial charge in [0, 0.05) is 25.7 Å². The lowest BCUT2D eigenvalue weighted by Gasteiger charge is -2.40. The maximum Gasteiger partial charge on any atom is 0.239 e. The molecular formula is C14H29Cl2N3O. The summed E-state index contributed by atoms with van der Waals surface area (Å²) in [6, 6.07) is 1.07. The monoisotopic (exact) mass is 325 g/mol. The van der Waals surface area contributed by atoms with Crippen molar-refractivity contribution >= 4 is 30.7 Å². The van der Waals surface area contributed by atoms with Crippen molar-refractivity contribution in [2.24, 2.45) is 0 Å². The zero-order valence-electron chi connectivity index (χ0n) is 12.8. The molecule has 0 aromatic carbocycles. The summed E-state index contributed by atoms with van der Waals surface area (Å²) in [5.41, 5.74) is 0. The van der Waals surface area contributed by atoms with E-state index in [0.29, 0.717) is 18.0 Å². The van der Waals surface area contributed by atoms with E-state index in [4.69, 9.17) is 0 Å². The molecule has 2 rings (SSSR count). The molecule has 2 unspecified atom stereocenters. The number of rotatable bonds is 2. The van der Waals surface area contributed by atoms with Gasteiger partial charge in [-0.05, 0) is 46.2 Å². The summed E-state index contributed by atoms with van der Waals surface area (Å²) in [6.07, 6.45) is 5.60. The summed E-state index contributed by atoms with van der Waals surface area (Å²) in [6.45, 7) is 4.35. The highest BCUT2D eigenvalue weighted by Gasteiger charge is 2.31. The Kier molecular flexibility index (Phi) is 9.07. The molecule has 0 saturated carbocycles. The molecule has 1 amide bonds. The molecular weight excluding hydrogens is 297 g/mol. The number of hydrogen-bond donors (Lipinski definition) is 1. The van der Waals surface area contributed by atoms with Gasteiger partial charge in [0.25, 0.3) is 0 Å². The van der Waals surface area contributed by atoms with Gasteiger partial charge >= 0.3 is 0 Å². The van der Waals surface area contributed by atoms with Crippen LogP contribution >= 0.6 is 24.8 Å². The van der Waals surface area contributed by atoms with E-state index in [1.807, 2.05) is 11.9 Å². The highest BCUT2D eigenvalue weighted by molar-refractivity contribution is 5.85. The van der Waals surface area contributed by atoms with Gasteiger partial charge in [-0.2, -0.15) is 0 Å². The minimum Gasteiger partial charge on any atom is -0.341 e. The number of nitrogens with one attached hydrogen (secondary N) is 1. The average Bonchev–Trinajstić information content (AvgIpc) is 2.41. The first kappa shape index (κ1) is 20.0. The van der Waals surface area contributed by atoms with Crippen molar-refractivity contribution in [1.82, 2.24) is 15.1 Å². The third-order valence-electron chi connectivity index (χ3n) is 4.68. The molecule has 2 aliphatic rings. The van der Waals surface area contributed by atoms with Gasteiger partial charge in [-0.1, -0.05) is 6.42 Å². The van der Waals surface area contributed by atoms with Gasteiger partial charge in [0.15, 0.2) is 0 Å². The minimum absolute atomic E-state index is 0. The predicted molar refractivity (Wildman–Crippen MR) is 88.0 cm³/mol. The van der Waals surface area contributed by atoms with Crippen LogP contribution in [0.25, 0.3) is 0 Å². The number of amides is 1. The highest BCUT2D eigenvalue weighted by Crippen LogP contribution is 2.21. The molecule has 2 saturated heterocycles. The van der Waals surface area contributed by atoms with Crippen molar-refractivity contribution in [3.63, 3.8) is 0 Å². The van der Waals surface area contributed by atoms with Gasteiger partial charge in [0.1, 0.15) is 0 Å². The molecule has 120 valence electrons. The van der Waals surface area contributed by atoms with Gasteiger partial charge in [-0.3, -0.25) is 4.79 Å². The minimum atomic E-state index is 0. The summed E-state index contributed by atoms with van der Waals surface area (Å²) in [4.78, 5) is 16.8. The topological polar surface area (TPSA) is 35.6 Å². The number of likely N-dealkylation sites (tertiary alicyclic amines) is 1. The SMILES string of the molecule is CC1CC(N(C)C(=O)[C@H]2CCCCN2)CCN1C.Cl.Cl. The lowest BCUT2D eigenvalue weighted by molar-refractivity contribution is -0.136. The van der Waals surface area contributed by atoms with Crippen molar-refractivity contribution in [3.05, 3.63) is 0 Å². The van der Waals surface area contributed by atoms with Gasteiger partial charge in [-0.15, -0.1) is 24.8 Å². The Morgan fingerprint density at radius 3 is 2.50 bits per heavy atom. The first-order valence-corrected chi connectivity index (χ1v) is 7.30. The fraction of sp³-hybridized carbons (Fsp3) is 0.929. The molecule has 3 atom stereocenters. The zero-order chi connectivity index (χ0) is 13.1. The van der Waals surface area contributed by atoms with Crippen LogP contribution in [0.5, 0.6) is 0 Å². The number of likely N-dealkylation sites (N-methyl/N-ethyl adjacent to an activating group) is 1. The Labute approximate surface area is 135 Å². The second-order valence-corrected chi connectivity index (χ2v) is 5.96. The van der Waals surface area contributed by atoms with Crippen molar-refractivity contribution in [1.29, 1.82) is 0 Å². The van der Waals surface area contributed by atoms with E-state index >= 15 is 0 Å². The number of hydrogen-bond acceptors (Lipinski definition) is 3. The lowest BCUT2D eigenvalue weighted by atomic mass is 9.96. The standard InChI is InChI=1S/C14H27N3O.2ClH/c1-11-10-12(7-9-16(11)2)17(3)14(18)13-6-4-5-8-15-13;;/h11-13,15H,4-10H2,1-3H3;2*1H/t11?,12?,13-;;/m1../s1. The van der Waals surface area contributed by atoms with E-state index in [9.17, 15) is 4.79 Å². The van der Waals surface area contributed by atoms with Gasteiger partial charge in [-0.25, -0.2) is 0 Å². The quantitative estimate of drug-likeness (QED) is 0.842. The predicted octanol–water partition coefficient (Wildman–Crippen LogP) is 1.91. The fourth-order valence-electron chi connectivity index (χ4n) is 3.10. The van der Waals surface area contributed by atoms with Gasteiger partial charge in [0.2, 0.25) is 5.91 Å². The molecule has 0 aliphatic carbocycles. The summed E-state index contributed by atoms with van der Waals surface area (Å²) in [5, 5.41) is 3.36. The summed E-state index contributed by atoms with van der Waals surface area (Å²) in [7, 11) is 4.16. The second-order valence-electron chi connectivity index (χ2n) is 5.96. The third-order valence-corrected chi connectivity index (χ3v) is 4.68. The third kappa shape index (κ3) is 4.76. The summed E-state index contributed by atoms with van der Waals surface area (Å²) >= 11 is 0. The first-order chi connectivity index (χ1) is 8.59. The van der Waals surface area contributed by atoms with Crippen LogP contribution in [0, 0.1) is 0 Å². The van der Waals surface area contributed by atoms with Crippen molar-refractivity contribution in [2.75, 3.05) is 27.2 Å². The van der Waals surface area contributed by atoms with E-state index in [0.717, 1.165) is 32.4 Å². The maximum absolute atomic E-state index is 12.4. The van der Waals surface area contributed by atoms with E-state index in [1.165, 1.54) is 12.8 Å². The smallest absolute Gasteiger partial charge is 0.239 e. The van der Waals surface area contributed by atoms with Crippen LogP contribution in [-0.2, 0) is 4.79 Å². The molecule has 2 fully saturated rings.